The third-order valence-electron chi connectivity index (χ3n) is 3.84. The number of piperazine rings is 1. The van der Waals surface area contributed by atoms with Crippen LogP contribution in [0.4, 0.5) is 0 Å². The highest BCUT2D eigenvalue weighted by molar-refractivity contribution is 5.85. The topological polar surface area (TPSA) is 58.8 Å². The molecule has 0 aromatic rings. The highest BCUT2D eigenvalue weighted by Crippen LogP contribution is 2.13. The molecule has 1 heterocycles. The molecule has 0 aliphatic carbocycles. The number of ether oxygens (including phenoxy) is 1. The maximum absolute atomic E-state index is 12.2. The molecular weight excluding hydrogens is 301 g/mol. The van der Waals surface area contributed by atoms with E-state index < -0.39 is 0 Å². The van der Waals surface area contributed by atoms with Crippen molar-refractivity contribution in [1.82, 2.24) is 9.80 Å². The SMILES string of the molecule is COCCN1CCN(C(=O)C(C)C(C)N)CC1C.Cl.Cl. The smallest absolute Gasteiger partial charge is 0.227 e. The van der Waals surface area contributed by atoms with E-state index in [4.69, 9.17) is 10.5 Å². The number of halogens is 2. The summed E-state index contributed by atoms with van der Waals surface area (Å²) in [6.45, 7) is 10.1. The number of carbonyl (C=O) groups is 1. The fourth-order valence-corrected chi connectivity index (χ4v) is 2.25. The molecule has 5 nitrogen and oxygen atoms in total. The van der Waals surface area contributed by atoms with E-state index in [0.717, 1.165) is 32.8 Å². The van der Waals surface area contributed by atoms with Gasteiger partial charge in [-0.2, -0.15) is 0 Å². The average Bonchev–Trinajstić information content (AvgIpc) is 2.35. The Labute approximate surface area is 135 Å². The van der Waals surface area contributed by atoms with Crippen molar-refractivity contribution in [1.29, 1.82) is 0 Å². The van der Waals surface area contributed by atoms with Crippen molar-refractivity contribution in [3.05, 3.63) is 0 Å². The molecule has 0 saturated carbocycles. The van der Waals surface area contributed by atoms with Crippen LogP contribution in [-0.2, 0) is 9.53 Å². The zero-order chi connectivity index (χ0) is 13.7. The predicted molar refractivity (Wildman–Crippen MR) is 86.8 cm³/mol. The monoisotopic (exact) mass is 329 g/mol. The first-order valence-corrected chi connectivity index (χ1v) is 6.74. The van der Waals surface area contributed by atoms with Gasteiger partial charge in [0.2, 0.25) is 5.91 Å². The molecule has 1 rings (SSSR count). The lowest BCUT2D eigenvalue weighted by atomic mass is 10.0. The summed E-state index contributed by atoms with van der Waals surface area (Å²) in [5, 5.41) is 0. The second-order valence-corrected chi connectivity index (χ2v) is 5.31. The minimum atomic E-state index is -0.0947. The second kappa shape index (κ2) is 10.6. The lowest BCUT2D eigenvalue weighted by Gasteiger charge is -2.41. The largest absolute Gasteiger partial charge is 0.383 e. The first-order chi connectivity index (χ1) is 8.47. The molecule has 7 heteroatoms. The van der Waals surface area contributed by atoms with Crippen LogP contribution in [0.1, 0.15) is 20.8 Å². The lowest BCUT2D eigenvalue weighted by molar-refractivity contribution is -0.138. The Balaban J connectivity index is 0. The van der Waals surface area contributed by atoms with Crippen molar-refractivity contribution in [2.45, 2.75) is 32.9 Å². The van der Waals surface area contributed by atoms with Gasteiger partial charge in [0.15, 0.2) is 0 Å². The van der Waals surface area contributed by atoms with Gasteiger partial charge in [0.1, 0.15) is 0 Å². The van der Waals surface area contributed by atoms with Gasteiger partial charge < -0.3 is 15.4 Å². The van der Waals surface area contributed by atoms with Crippen LogP contribution in [0.3, 0.4) is 0 Å². The summed E-state index contributed by atoms with van der Waals surface area (Å²) < 4.78 is 5.10. The summed E-state index contributed by atoms with van der Waals surface area (Å²) in [5.74, 6) is 0.0889. The number of methoxy groups -OCH3 is 1. The Morgan fingerprint density at radius 3 is 2.40 bits per heavy atom. The molecular formula is C13H29Cl2N3O2. The molecule has 3 unspecified atom stereocenters. The first kappa shape index (κ1) is 22.2. The van der Waals surface area contributed by atoms with Crippen LogP contribution >= 0.6 is 24.8 Å². The van der Waals surface area contributed by atoms with Crippen LogP contribution < -0.4 is 5.73 Å². The molecule has 1 saturated heterocycles. The molecule has 1 fully saturated rings. The average molecular weight is 330 g/mol. The standard InChI is InChI=1S/C13H27N3O2.2ClH/c1-10-9-16(13(17)11(2)12(3)14)6-5-15(10)7-8-18-4;;/h10-12H,5-9,14H2,1-4H3;2*1H. The van der Waals surface area contributed by atoms with Crippen molar-refractivity contribution in [2.75, 3.05) is 39.9 Å². The van der Waals surface area contributed by atoms with E-state index in [1.165, 1.54) is 0 Å². The zero-order valence-corrected chi connectivity index (χ0v) is 14.5. The van der Waals surface area contributed by atoms with Gasteiger partial charge in [0.25, 0.3) is 0 Å². The zero-order valence-electron chi connectivity index (χ0n) is 12.9. The molecule has 20 heavy (non-hydrogen) atoms. The van der Waals surface area contributed by atoms with Crippen molar-refractivity contribution in [2.24, 2.45) is 11.7 Å². The van der Waals surface area contributed by atoms with E-state index >= 15 is 0 Å². The van der Waals surface area contributed by atoms with Crippen LogP contribution in [-0.4, -0.2) is 67.7 Å². The van der Waals surface area contributed by atoms with E-state index in [9.17, 15) is 4.79 Å². The van der Waals surface area contributed by atoms with E-state index in [-0.39, 0.29) is 42.7 Å². The molecule has 2 N–H and O–H groups in total. The summed E-state index contributed by atoms with van der Waals surface area (Å²) in [5.41, 5.74) is 5.80. The van der Waals surface area contributed by atoms with E-state index in [2.05, 4.69) is 11.8 Å². The molecule has 0 aromatic carbocycles. The third kappa shape index (κ3) is 6.14. The highest BCUT2D eigenvalue weighted by Gasteiger charge is 2.29. The fourth-order valence-electron chi connectivity index (χ4n) is 2.25. The van der Waals surface area contributed by atoms with Crippen LogP contribution in [0.15, 0.2) is 0 Å². The van der Waals surface area contributed by atoms with Crippen LogP contribution in [0, 0.1) is 5.92 Å². The van der Waals surface area contributed by atoms with Gasteiger partial charge in [-0.05, 0) is 13.8 Å². The first-order valence-electron chi connectivity index (χ1n) is 6.74. The molecule has 1 aliphatic heterocycles. The van der Waals surface area contributed by atoms with Crippen LogP contribution in [0.5, 0.6) is 0 Å². The second-order valence-electron chi connectivity index (χ2n) is 5.31. The Bertz CT molecular complexity index is 280. The normalized spacial score (nSPS) is 22.4. The van der Waals surface area contributed by atoms with Gasteiger partial charge >= 0.3 is 0 Å². The van der Waals surface area contributed by atoms with Gasteiger partial charge in [-0.25, -0.2) is 0 Å². The molecule has 0 radical (unpaired) electrons. The number of rotatable bonds is 5. The molecule has 122 valence electrons. The highest BCUT2D eigenvalue weighted by atomic mass is 35.5. The third-order valence-corrected chi connectivity index (χ3v) is 3.84. The molecule has 0 bridgehead atoms. The number of carbonyl (C=O) groups excluding carboxylic acids is 1. The van der Waals surface area contributed by atoms with Crippen molar-refractivity contribution >= 4 is 30.7 Å². The summed E-state index contributed by atoms with van der Waals surface area (Å²) in [6.07, 6.45) is 0. The summed E-state index contributed by atoms with van der Waals surface area (Å²) in [4.78, 5) is 16.5. The summed E-state index contributed by atoms with van der Waals surface area (Å²) in [7, 11) is 1.72. The Kier molecular flexibility index (Phi) is 11.8. The predicted octanol–water partition coefficient (Wildman–Crippen LogP) is 0.992. The van der Waals surface area contributed by atoms with Gasteiger partial charge in [0.05, 0.1) is 12.5 Å². The number of nitrogens with two attached hydrogens (primary N) is 1. The van der Waals surface area contributed by atoms with E-state index in [1.807, 2.05) is 18.7 Å². The minimum absolute atomic E-state index is 0. The van der Waals surface area contributed by atoms with Crippen LogP contribution in [0.2, 0.25) is 0 Å². The maximum atomic E-state index is 12.2. The van der Waals surface area contributed by atoms with Crippen LogP contribution in [0.25, 0.3) is 0 Å². The minimum Gasteiger partial charge on any atom is -0.383 e. The summed E-state index contributed by atoms with van der Waals surface area (Å²) >= 11 is 0. The number of hydrogen-bond acceptors (Lipinski definition) is 4. The van der Waals surface area contributed by atoms with Crippen molar-refractivity contribution in [3.63, 3.8) is 0 Å². The maximum Gasteiger partial charge on any atom is 0.227 e. The number of nitrogens with zero attached hydrogens (tertiary/aromatic N) is 2. The van der Waals surface area contributed by atoms with Gasteiger partial charge in [-0.15, -0.1) is 24.8 Å². The molecule has 1 amide bonds. The Hall–Kier alpha value is -0.0700. The van der Waals surface area contributed by atoms with Crippen molar-refractivity contribution in [3.8, 4) is 0 Å². The fraction of sp³-hybridized carbons (Fsp3) is 0.923. The number of amides is 1. The number of hydrogen-bond donors (Lipinski definition) is 1. The quantitative estimate of drug-likeness (QED) is 0.817. The van der Waals surface area contributed by atoms with Crippen molar-refractivity contribution < 1.29 is 9.53 Å². The Morgan fingerprint density at radius 2 is 1.95 bits per heavy atom. The van der Waals surface area contributed by atoms with Gasteiger partial charge in [-0.1, -0.05) is 6.92 Å². The molecule has 3 atom stereocenters. The van der Waals surface area contributed by atoms with Gasteiger partial charge in [-0.3, -0.25) is 9.69 Å². The van der Waals surface area contributed by atoms with E-state index in [1.54, 1.807) is 7.11 Å². The van der Waals surface area contributed by atoms with Gasteiger partial charge in [0, 0.05) is 45.4 Å². The summed E-state index contributed by atoms with van der Waals surface area (Å²) in [6, 6.07) is 0.303. The molecule has 0 spiro atoms. The van der Waals surface area contributed by atoms with E-state index in [0.29, 0.717) is 6.04 Å². The lowest BCUT2D eigenvalue weighted by Crippen LogP contribution is -2.56. The molecule has 0 aromatic heterocycles. The molecule has 1 aliphatic rings. The Morgan fingerprint density at radius 1 is 1.35 bits per heavy atom.